The summed E-state index contributed by atoms with van der Waals surface area (Å²) >= 11 is 1.36. The molecule has 158 valence electrons. The Morgan fingerprint density at radius 3 is 2.73 bits per heavy atom. The largest absolute Gasteiger partial charge is 0.497 e. The number of morpholine rings is 1. The molecule has 0 spiro atoms. The van der Waals surface area contributed by atoms with Gasteiger partial charge in [-0.05, 0) is 30.7 Å². The maximum Gasteiger partial charge on any atom is 0.261 e. The lowest BCUT2D eigenvalue weighted by molar-refractivity contribution is 0.0312. The first-order valence-electron chi connectivity index (χ1n) is 9.77. The van der Waals surface area contributed by atoms with E-state index in [1.807, 2.05) is 24.3 Å². The van der Waals surface area contributed by atoms with Crippen LogP contribution in [-0.4, -0.2) is 54.4 Å². The Hall–Kier alpha value is -2.75. The van der Waals surface area contributed by atoms with Gasteiger partial charge in [-0.1, -0.05) is 23.5 Å². The standard InChI is InChI=1S/C21H24N4O4S/c1-14-18(12-17(29-14)13-25-7-9-28-10-8-25)20(26)22-21-24-23-19(30-21)11-15-3-5-16(27-2)6-4-15/h3-6,12H,7-11,13H2,1-2H3,(H,22,24,26). The Labute approximate surface area is 178 Å². The van der Waals surface area contributed by atoms with Gasteiger partial charge >= 0.3 is 0 Å². The monoisotopic (exact) mass is 428 g/mol. The molecule has 4 rings (SSSR count). The summed E-state index contributed by atoms with van der Waals surface area (Å²) in [7, 11) is 1.64. The van der Waals surface area contributed by atoms with Crippen molar-refractivity contribution in [2.45, 2.75) is 19.9 Å². The number of methoxy groups -OCH3 is 1. The second-order valence-electron chi connectivity index (χ2n) is 7.05. The fourth-order valence-corrected chi connectivity index (χ4v) is 4.05. The van der Waals surface area contributed by atoms with Crippen LogP contribution < -0.4 is 10.1 Å². The number of amides is 1. The molecule has 30 heavy (non-hydrogen) atoms. The SMILES string of the molecule is COc1ccc(Cc2nnc(NC(=O)c3cc(CN4CCOCC4)oc3C)s2)cc1. The number of carbonyl (C=O) groups excluding carboxylic acids is 1. The molecule has 0 saturated carbocycles. The first-order chi connectivity index (χ1) is 14.6. The molecule has 1 fully saturated rings. The first kappa shape index (κ1) is 20.5. The zero-order chi connectivity index (χ0) is 20.9. The third-order valence-electron chi connectivity index (χ3n) is 4.90. The van der Waals surface area contributed by atoms with E-state index in [0.29, 0.717) is 29.4 Å². The van der Waals surface area contributed by atoms with Crippen molar-refractivity contribution in [3.8, 4) is 5.75 Å². The van der Waals surface area contributed by atoms with Crippen LogP contribution in [0.3, 0.4) is 0 Å². The highest BCUT2D eigenvalue weighted by Crippen LogP contribution is 2.22. The zero-order valence-corrected chi connectivity index (χ0v) is 17.8. The first-order valence-corrected chi connectivity index (χ1v) is 10.6. The number of furan rings is 1. The molecule has 1 saturated heterocycles. The van der Waals surface area contributed by atoms with E-state index in [2.05, 4.69) is 20.4 Å². The number of benzene rings is 1. The summed E-state index contributed by atoms with van der Waals surface area (Å²) in [6.07, 6.45) is 0.645. The van der Waals surface area contributed by atoms with Crippen molar-refractivity contribution in [2.24, 2.45) is 0 Å². The minimum absolute atomic E-state index is 0.239. The Bertz CT molecular complexity index is 993. The second kappa shape index (κ2) is 9.38. The number of aryl methyl sites for hydroxylation is 1. The van der Waals surface area contributed by atoms with Crippen molar-refractivity contribution < 1.29 is 18.7 Å². The van der Waals surface area contributed by atoms with Crippen molar-refractivity contribution >= 4 is 22.4 Å². The van der Waals surface area contributed by atoms with Gasteiger partial charge in [0.2, 0.25) is 5.13 Å². The maximum atomic E-state index is 12.7. The van der Waals surface area contributed by atoms with Gasteiger partial charge in [0.25, 0.3) is 5.91 Å². The third-order valence-corrected chi connectivity index (χ3v) is 5.74. The van der Waals surface area contributed by atoms with Crippen LogP contribution in [0.4, 0.5) is 5.13 Å². The van der Waals surface area contributed by atoms with Gasteiger partial charge in [-0.15, -0.1) is 10.2 Å². The highest BCUT2D eigenvalue weighted by molar-refractivity contribution is 7.15. The summed E-state index contributed by atoms with van der Waals surface area (Å²) in [5.74, 6) is 1.94. The van der Waals surface area contributed by atoms with Crippen LogP contribution in [0.15, 0.2) is 34.7 Å². The lowest BCUT2D eigenvalue weighted by Gasteiger charge is -2.25. The molecule has 0 radical (unpaired) electrons. The second-order valence-corrected chi connectivity index (χ2v) is 8.11. The molecular formula is C21H24N4O4S. The lowest BCUT2D eigenvalue weighted by Crippen LogP contribution is -2.35. The van der Waals surface area contributed by atoms with Crippen LogP contribution in [0, 0.1) is 6.92 Å². The minimum Gasteiger partial charge on any atom is -0.497 e. The van der Waals surface area contributed by atoms with E-state index >= 15 is 0 Å². The van der Waals surface area contributed by atoms with Crippen LogP contribution >= 0.6 is 11.3 Å². The van der Waals surface area contributed by atoms with Gasteiger partial charge in [0.05, 0.1) is 32.4 Å². The average Bonchev–Trinajstić information content (AvgIpc) is 3.35. The van der Waals surface area contributed by atoms with Gasteiger partial charge in [0, 0.05) is 19.5 Å². The van der Waals surface area contributed by atoms with Gasteiger partial charge in [-0.3, -0.25) is 15.0 Å². The molecule has 0 atom stereocenters. The van der Waals surface area contributed by atoms with Crippen LogP contribution in [0.1, 0.15) is 32.4 Å². The lowest BCUT2D eigenvalue weighted by atomic mass is 10.1. The number of carbonyl (C=O) groups is 1. The molecule has 2 aromatic heterocycles. The van der Waals surface area contributed by atoms with Gasteiger partial charge < -0.3 is 13.9 Å². The molecule has 9 heteroatoms. The summed E-state index contributed by atoms with van der Waals surface area (Å²) in [5, 5.41) is 12.4. The van der Waals surface area contributed by atoms with Gasteiger partial charge in [0.15, 0.2) is 0 Å². The van der Waals surface area contributed by atoms with E-state index in [0.717, 1.165) is 48.4 Å². The Morgan fingerprint density at radius 1 is 1.23 bits per heavy atom. The highest BCUT2D eigenvalue weighted by atomic mass is 32.1. The Morgan fingerprint density at radius 2 is 2.00 bits per heavy atom. The Kier molecular flexibility index (Phi) is 6.41. The van der Waals surface area contributed by atoms with Gasteiger partial charge in [-0.2, -0.15) is 0 Å². The van der Waals surface area contributed by atoms with Crippen LogP contribution in [-0.2, 0) is 17.7 Å². The molecule has 0 aliphatic carbocycles. The van der Waals surface area contributed by atoms with E-state index in [1.54, 1.807) is 20.1 Å². The van der Waals surface area contributed by atoms with Gasteiger partial charge in [-0.25, -0.2) is 0 Å². The number of nitrogens with one attached hydrogen (secondary N) is 1. The van der Waals surface area contributed by atoms with Crippen molar-refractivity contribution in [3.63, 3.8) is 0 Å². The zero-order valence-electron chi connectivity index (χ0n) is 17.0. The molecule has 0 unspecified atom stereocenters. The maximum absolute atomic E-state index is 12.7. The predicted molar refractivity (Wildman–Crippen MR) is 113 cm³/mol. The molecule has 3 aromatic rings. The molecular weight excluding hydrogens is 404 g/mol. The van der Waals surface area contributed by atoms with Crippen LogP contribution in [0.2, 0.25) is 0 Å². The molecule has 1 aliphatic rings. The number of rotatable bonds is 7. The molecule has 1 aromatic carbocycles. The summed E-state index contributed by atoms with van der Waals surface area (Å²) in [4.78, 5) is 14.9. The fourth-order valence-electron chi connectivity index (χ4n) is 3.28. The number of hydrogen-bond acceptors (Lipinski definition) is 8. The third kappa shape index (κ3) is 5.05. The van der Waals surface area contributed by atoms with Crippen molar-refractivity contribution in [1.29, 1.82) is 0 Å². The quantitative estimate of drug-likeness (QED) is 0.618. The topological polar surface area (TPSA) is 89.7 Å². The van der Waals surface area contributed by atoms with Crippen molar-refractivity contribution in [2.75, 3.05) is 38.7 Å². The van der Waals surface area contributed by atoms with Crippen LogP contribution in [0.5, 0.6) is 5.75 Å². The average molecular weight is 429 g/mol. The summed E-state index contributed by atoms with van der Waals surface area (Å²) in [5.41, 5.74) is 1.62. The highest BCUT2D eigenvalue weighted by Gasteiger charge is 2.19. The van der Waals surface area contributed by atoms with E-state index in [-0.39, 0.29) is 5.91 Å². The number of nitrogens with zero attached hydrogens (tertiary/aromatic N) is 3. The van der Waals surface area contributed by atoms with E-state index in [9.17, 15) is 4.79 Å². The molecule has 1 aliphatic heterocycles. The molecule has 8 nitrogen and oxygen atoms in total. The molecule has 1 amide bonds. The summed E-state index contributed by atoms with van der Waals surface area (Å²) in [6, 6.07) is 9.61. The smallest absolute Gasteiger partial charge is 0.261 e. The molecule has 3 heterocycles. The number of aromatic nitrogens is 2. The van der Waals surface area contributed by atoms with E-state index < -0.39 is 0 Å². The number of anilines is 1. The summed E-state index contributed by atoms with van der Waals surface area (Å²) < 4.78 is 16.3. The van der Waals surface area contributed by atoms with Crippen molar-refractivity contribution in [1.82, 2.24) is 15.1 Å². The van der Waals surface area contributed by atoms with Crippen LogP contribution in [0.25, 0.3) is 0 Å². The minimum atomic E-state index is -0.239. The molecule has 0 bridgehead atoms. The van der Waals surface area contributed by atoms with Crippen molar-refractivity contribution in [3.05, 3.63) is 58.0 Å². The fraction of sp³-hybridized carbons (Fsp3) is 0.381. The predicted octanol–water partition coefficient (Wildman–Crippen LogP) is 3.12. The van der Waals surface area contributed by atoms with E-state index in [4.69, 9.17) is 13.9 Å². The normalized spacial score (nSPS) is 14.6. The number of hydrogen-bond donors (Lipinski definition) is 1. The molecule has 1 N–H and O–H groups in total. The Balaban J connectivity index is 1.36. The summed E-state index contributed by atoms with van der Waals surface area (Å²) in [6.45, 7) is 5.65. The number of ether oxygens (including phenoxy) is 2. The van der Waals surface area contributed by atoms with Gasteiger partial charge in [0.1, 0.15) is 22.3 Å². The van der Waals surface area contributed by atoms with E-state index in [1.165, 1.54) is 11.3 Å².